The van der Waals surface area contributed by atoms with Gasteiger partial charge in [0.15, 0.2) is 0 Å². The molecule has 1 aromatic heterocycles. The zero-order chi connectivity index (χ0) is 25.3. The molecule has 8 heteroatoms. The van der Waals surface area contributed by atoms with E-state index in [4.69, 9.17) is 4.74 Å². The highest BCUT2D eigenvalue weighted by Crippen LogP contribution is 2.29. The van der Waals surface area contributed by atoms with E-state index in [1.807, 2.05) is 32.9 Å². The van der Waals surface area contributed by atoms with Crippen LogP contribution in [0.5, 0.6) is 0 Å². The van der Waals surface area contributed by atoms with Crippen molar-refractivity contribution in [2.45, 2.75) is 25.7 Å². The van der Waals surface area contributed by atoms with Gasteiger partial charge in [-0.05, 0) is 50.6 Å². The van der Waals surface area contributed by atoms with Gasteiger partial charge < -0.3 is 4.74 Å². The van der Waals surface area contributed by atoms with Gasteiger partial charge in [-0.3, -0.25) is 13.7 Å². The van der Waals surface area contributed by atoms with Gasteiger partial charge in [0, 0.05) is 11.6 Å². The zero-order valence-corrected chi connectivity index (χ0v) is 20.8. The first-order valence-electron chi connectivity index (χ1n) is 11.0. The van der Waals surface area contributed by atoms with Gasteiger partial charge in [0.05, 0.1) is 28.8 Å². The Morgan fingerprint density at radius 2 is 1.57 bits per heavy atom. The zero-order valence-electron chi connectivity index (χ0n) is 20.0. The van der Waals surface area contributed by atoms with Gasteiger partial charge in [-0.2, -0.15) is 0 Å². The minimum atomic E-state index is -4.07. The maximum Gasteiger partial charge on any atom is 0.340 e. The fourth-order valence-electron chi connectivity index (χ4n) is 4.08. The van der Waals surface area contributed by atoms with E-state index < -0.39 is 28.4 Å². The van der Waals surface area contributed by atoms with Crippen molar-refractivity contribution in [1.82, 2.24) is 4.57 Å². The quantitative estimate of drug-likeness (QED) is 0.359. The van der Waals surface area contributed by atoms with Crippen molar-refractivity contribution < 1.29 is 22.7 Å². The number of hydrogen-bond donors (Lipinski definition) is 0. The highest BCUT2D eigenvalue weighted by atomic mass is 32.2. The second-order valence-corrected chi connectivity index (χ2v) is 10.3. The number of para-hydroxylation sites is 1. The number of aryl methyl sites for hydroxylation is 3. The molecule has 4 aromatic rings. The minimum Gasteiger partial charge on any atom is -0.465 e. The third kappa shape index (κ3) is 4.57. The summed E-state index contributed by atoms with van der Waals surface area (Å²) in [6.45, 7) is 5.14. The number of nitrogens with zero attached hydrogens (tertiary/aromatic N) is 2. The van der Waals surface area contributed by atoms with Crippen molar-refractivity contribution in [3.8, 4) is 0 Å². The Labute approximate surface area is 204 Å². The monoisotopic (exact) mass is 490 g/mol. The lowest BCUT2D eigenvalue weighted by Crippen LogP contribution is -2.38. The second-order valence-electron chi connectivity index (χ2n) is 8.43. The van der Waals surface area contributed by atoms with Crippen LogP contribution in [0, 0.1) is 20.8 Å². The number of esters is 1. The topological polar surface area (TPSA) is 85.7 Å². The number of ether oxygens (including phenoxy) is 1. The summed E-state index contributed by atoms with van der Waals surface area (Å²) >= 11 is 0. The first kappa shape index (κ1) is 24.2. The summed E-state index contributed by atoms with van der Waals surface area (Å²) in [5, 5.41) is 0.548. The predicted octanol–water partition coefficient (Wildman–Crippen LogP) is 4.89. The Morgan fingerprint density at radius 3 is 2.23 bits per heavy atom. The summed E-state index contributed by atoms with van der Waals surface area (Å²) in [6, 6.07) is 18.8. The highest BCUT2D eigenvalue weighted by Gasteiger charge is 2.30. The molecule has 0 aliphatic rings. The summed E-state index contributed by atoms with van der Waals surface area (Å²) in [5.74, 6) is -1.08. The largest absolute Gasteiger partial charge is 0.465 e. The Balaban J connectivity index is 1.83. The molecule has 0 bridgehead atoms. The van der Waals surface area contributed by atoms with E-state index >= 15 is 0 Å². The molecule has 3 aromatic carbocycles. The van der Waals surface area contributed by atoms with Crippen molar-refractivity contribution in [3.63, 3.8) is 0 Å². The number of rotatable bonds is 6. The third-order valence-corrected chi connectivity index (χ3v) is 7.67. The van der Waals surface area contributed by atoms with Crippen LogP contribution in [0.1, 0.15) is 31.8 Å². The summed E-state index contributed by atoms with van der Waals surface area (Å²) in [7, 11) is -2.80. The summed E-state index contributed by atoms with van der Waals surface area (Å²) in [4.78, 5) is 26.0. The highest BCUT2D eigenvalue weighted by molar-refractivity contribution is 7.92. The number of hydrogen-bond acceptors (Lipinski definition) is 5. The van der Waals surface area contributed by atoms with Crippen molar-refractivity contribution in [2.75, 3.05) is 18.0 Å². The first-order chi connectivity index (χ1) is 16.6. The van der Waals surface area contributed by atoms with E-state index in [2.05, 4.69) is 0 Å². The van der Waals surface area contributed by atoms with Gasteiger partial charge in [-0.15, -0.1) is 0 Å². The molecule has 0 saturated carbocycles. The van der Waals surface area contributed by atoms with Crippen LogP contribution in [0.2, 0.25) is 0 Å². The molecule has 0 unspecified atom stereocenters. The lowest BCUT2D eigenvalue weighted by molar-refractivity contribution is 0.0603. The standard InChI is InChI=1S/C27H26N2O5S/c1-18-9-12-21(13-10-18)35(32,33)29(24-14-11-19(2)15-20(24)3)17-26(30)28-16-23(27(31)34-4)22-7-5-6-8-25(22)28/h5-16H,17H2,1-4H3. The molecule has 0 spiro atoms. The van der Waals surface area contributed by atoms with Crippen LogP contribution in [0.15, 0.2) is 77.8 Å². The van der Waals surface area contributed by atoms with Crippen LogP contribution in [-0.2, 0) is 14.8 Å². The first-order valence-corrected chi connectivity index (χ1v) is 12.5. The van der Waals surface area contributed by atoms with E-state index in [0.717, 1.165) is 21.0 Å². The number of methoxy groups -OCH3 is 1. The molecule has 180 valence electrons. The van der Waals surface area contributed by atoms with Crippen LogP contribution in [-0.4, -0.2) is 38.5 Å². The number of fused-ring (bicyclic) bond motifs is 1. The predicted molar refractivity (Wildman–Crippen MR) is 136 cm³/mol. The van der Waals surface area contributed by atoms with Crippen molar-refractivity contribution in [3.05, 3.63) is 95.2 Å². The number of benzene rings is 3. The number of sulfonamides is 1. The molecule has 0 N–H and O–H groups in total. The molecule has 0 fully saturated rings. The number of carbonyl (C=O) groups is 2. The third-order valence-electron chi connectivity index (χ3n) is 5.89. The van der Waals surface area contributed by atoms with E-state index in [0.29, 0.717) is 16.6 Å². The van der Waals surface area contributed by atoms with Crippen LogP contribution in [0.25, 0.3) is 10.9 Å². The molecule has 0 atom stereocenters. The van der Waals surface area contributed by atoms with E-state index in [1.165, 1.54) is 30.0 Å². The smallest absolute Gasteiger partial charge is 0.340 e. The molecule has 7 nitrogen and oxygen atoms in total. The Hall–Kier alpha value is -3.91. The molecule has 0 saturated heterocycles. The van der Waals surface area contributed by atoms with Gasteiger partial charge in [0.1, 0.15) is 6.54 Å². The molecule has 1 heterocycles. The molecular weight excluding hydrogens is 464 g/mol. The number of carbonyl (C=O) groups excluding carboxylic acids is 2. The summed E-state index contributed by atoms with van der Waals surface area (Å²) in [6.07, 6.45) is 1.40. The van der Waals surface area contributed by atoms with Gasteiger partial charge in [-0.1, -0.05) is 53.6 Å². The van der Waals surface area contributed by atoms with Crippen LogP contribution < -0.4 is 4.31 Å². The van der Waals surface area contributed by atoms with E-state index in [9.17, 15) is 18.0 Å². The molecular formula is C27H26N2O5S. The maximum atomic E-state index is 13.8. The normalized spacial score (nSPS) is 11.4. The summed E-state index contributed by atoms with van der Waals surface area (Å²) < 4.78 is 34.8. The Morgan fingerprint density at radius 1 is 0.914 bits per heavy atom. The molecule has 0 amide bonds. The van der Waals surface area contributed by atoms with Crippen molar-refractivity contribution >= 4 is 38.5 Å². The number of aromatic nitrogens is 1. The molecule has 0 radical (unpaired) electrons. The lowest BCUT2D eigenvalue weighted by atomic mass is 10.1. The SMILES string of the molecule is COC(=O)c1cn(C(=O)CN(c2ccc(C)cc2C)S(=O)(=O)c2ccc(C)cc2)c2ccccc12. The average Bonchev–Trinajstić information content (AvgIpc) is 3.22. The van der Waals surface area contributed by atoms with E-state index in [-0.39, 0.29) is 10.5 Å². The molecule has 4 rings (SSSR count). The maximum absolute atomic E-state index is 13.8. The van der Waals surface area contributed by atoms with Crippen LogP contribution in [0.4, 0.5) is 5.69 Å². The summed E-state index contributed by atoms with van der Waals surface area (Å²) in [5.41, 5.74) is 3.76. The fraction of sp³-hybridized carbons (Fsp3) is 0.185. The fourth-order valence-corrected chi connectivity index (χ4v) is 5.56. The van der Waals surface area contributed by atoms with Crippen molar-refractivity contribution in [2.24, 2.45) is 0 Å². The van der Waals surface area contributed by atoms with Crippen LogP contribution in [0.3, 0.4) is 0 Å². The van der Waals surface area contributed by atoms with Gasteiger partial charge in [0.25, 0.3) is 15.9 Å². The van der Waals surface area contributed by atoms with Crippen LogP contribution >= 0.6 is 0 Å². The number of anilines is 1. The molecule has 0 aliphatic carbocycles. The molecule has 35 heavy (non-hydrogen) atoms. The minimum absolute atomic E-state index is 0.0866. The lowest BCUT2D eigenvalue weighted by Gasteiger charge is -2.26. The molecule has 0 aliphatic heterocycles. The van der Waals surface area contributed by atoms with Gasteiger partial charge in [0.2, 0.25) is 0 Å². The second kappa shape index (κ2) is 9.38. The Kier molecular flexibility index (Phi) is 6.49. The average molecular weight is 491 g/mol. The van der Waals surface area contributed by atoms with Crippen molar-refractivity contribution in [1.29, 1.82) is 0 Å². The van der Waals surface area contributed by atoms with Gasteiger partial charge >= 0.3 is 5.97 Å². The van der Waals surface area contributed by atoms with E-state index in [1.54, 1.807) is 42.5 Å². The van der Waals surface area contributed by atoms with Gasteiger partial charge in [-0.25, -0.2) is 13.2 Å². The Bertz CT molecular complexity index is 1540.